The van der Waals surface area contributed by atoms with Gasteiger partial charge in [0.2, 0.25) is 0 Å². The average molecular weight is 449 g/mol. The molecule has 3 aromatic carbocycles. The number of hydrogen-bond acceptors (Lipinski definition) is 3. The van der Waals surface area contributed by atoms with Crippen molar-refractivity contribution in [3.63, 3.8) is 0 Å². The fourth-order valence-electron chi connectivity index (χ4n) is 4.57. The normalized spacial score (nSPS) is 13.3. The Morgan fingerprint density at radius 2 is 1.16 bits per heavy atom. The zero-order valence-corrected chi connectivity index (χ0v) is 20.4. The second-order valence-corrected chi connectivity index (χ2v) is 9.83. The second kappa shape index (κ2) is 9.87. The first-order valence-corrected chi connectivity index (χ1v) is 11.5. The van der Waals surface area contributed by atoms with Crippen LogP contribution in [0.25, 0.3) is 0 Å². The van der Waals surface area contributed by atoms with E-state index in [0.717, 1.165) is 59.2 Å². The molecular formula is C28H35ClN3. The highest BCUT2D eigenvalue weighted by Crippen LogP contribution is 2.44. The van der Waals surface area contributed by atoms with E-state index in [9.17, 15) is 0 Å². The summed E-state index contributed by atoms with van der Waals surface area (Å²) >= 11 is 7.11. The SMILES string of the molecule is Cc1cc(N)cc(CC[C](Cl)C(C)(CCc2cc(C)cc(N)c2)c2cc(C)cc(N)c2)c1. The second-order valence-electron chi connectivity index (χ2n) is 9.37. The number of anilines is 3. The van der Waals surface area contributed by atoms with E-state index in [-0.39, 0.29) is 5.41 Å². The molecule has 0 saturated carbocycles. The molecule has 0 spiro atoms. The van der Waals surface area contributed by atoms with Crippen LogP contribution in [-0.2, 0) is 18.3 Å². The van der Waals surface area contributed by atoms with Gasteiger partial charge in [-0.1, -0.05) is 25.1 Å². The van der Waals surface area contributed by atoms with E-state index in [4.69, 9.17) is 28.8 Å². The Morgan fingerprint density at radius 3 is 1.66 bits per heavy atom. The maximum Gasteiger partial charge on any atom is 0.0743 e. The first-order valence-electron chi connectivity index (χ1n) is 11.2. The van der Waals surface area contributed by atoms with Crippen molar-refractivity contribution in [1.82, 2.24) is 0 Å². The Hall–Kier alpha value is -2.65. The highest BCUT2D eigenvalue weighted by atomic mass is 35.5. The first kappa shape index (κ1) is 24.0. The summed E-state index contributed by atoms with van der Waals surface area (Å²) in [5, 5.41) is 0.934. The van der Waals surface area contributed by atoms with Crippen molar-refractivity contribution < 1.29 is 0 Å². The Morgan fingerprint density at radius 1 is 0.688 bits per heavy atom. The zero-order chi connectivity index (χ0) is 23.5. The van der Waals surface area contributed by atoms with E-state index >= 15 is 0 Å². The van der Waals surface area contributed by atoms with E-state index in [1.54, 1.807) is 0 Å². The molecule has 169 valence electrons. The van der Waals surface area contributed by atoms with Crippen LogP contribution in [0, 0.1) is 26.1 Å². The van der Waals surface area contributed by atoms with Gasteiger partial charge in [-0.3, -0.25) is 0 Å². The van der Waals surface area contributed by atoms with Gasteiger partial charge in [0.05, 0.1) is 5.38 Å². The largest absolute Gasteiger partial charge is 0.399 e. The summed E-state index contributed by atoms with van der Waals surface area (Å²) in [6, 6.07) is 18.7. The van der Waals surface area contributed by atoms with E-state index in [0.29, 0.717) is 0 Å². The molecule has 32 heavy (non-hydrogen) atoms. The van der Waals surface area contributed by atoms with Crippen LogP contribution in [0.3, 0.4) is 0 Å². The fourth-order valence-corrected chi connectivity index (χ4v) is 4.87. The molecule has 1 unspecified atom stereocenters. The van der Waals surface area contributed by atoms with Crippen molar-refractivity contribution in [1.29, 1.82) is 0 Å². The van der Waals surface area contributed by atoms with Gasteiger partial charge in [-0.25, -0.2) is 0 Å². The van der Waals surface area contributed by atoms with Crippen molar-refractivity contribution in [2.45, 2.75) is 58.8 Å². The van der Waals surface area contributed by atoms with E-state index in [2.05, 4.69) is 58.0 Å². The summed E-state index contributed by atoms with van der Waals surface area (Å²) in [6.45, 7) is 8.45. The Balaban J connectivity index is 1.88. The highest BCUT2D eigenvalue weighted by molar-refractivity contribution is 6.28. The molecule has 6 N–H and O–H groups in total. The number of hydrogen-bond donors (Lipinski definition) is 3. The number of rotatable bonds is 8. The molecule has 3 rings (SSSR count). The van der Waals surface area contributed by atoms with Crippen molar-refractivity contribution in [3.05, 3.63) is 93.4 Å². The van der Waals surface area contributed by atoms with Crippen LogP contribution in [0.4, 0.5) is 17.1 Å². The summed E-state index contributed by atoms with van der Waals surface area (Å²) in [6.07, 6.45) is 3.36. The molecule has 3 nitrogen and oxygen atoms in total. The van der Waals surface area contributed by atoms with E-state index in [1.165, 1.54) is 22.3 Å². The van der Waals surface area contributed by atoms with Crippen LogP contribution in [0.5, 0.6) is 0 Å². The number of benzene rings is 3. The molecular weight excluding hydrogens is 414 g/mol. The summed E-state index contributed by atoms with van der Waals surface area (Å²) in [5.74, 6) is 0. The standard InChI is InChI=1S/C28H35ClN3/c1-18-9-21(15-24(30)12-18)5-6-27(29)28(4,23-11-20(3)14-26(32)17-23)8-7-22-10-19(2)13-25(31)16-22/h9-17H,5-8,30-32H2,1-4H3. The minimum atomic E-state index is -0.324. The summed E-state index contributed by atoms with van der Waals surface area (Å²) in [4.78, 5) is 0. The molecule has 4 heteroatoms. The van der Waals surface area contributed by atoms with Gasteiger partial charge in [-0.2, -0.15) is 0 Å². The van der Waals surface area contributed by atoms with Crippen molar-refractivity contribution in [3.8, 4) is 0 Å². The van der Waals surface area contributed by atoms with Gasteiger partial charge in [-0.05, 0) is 116 Å². The first-order chi connectivity index (χ1) is 15.0. The van der Waals surface area contributed by atoms with Crippen molar-refractivity contribution in [2.75, 3.05) is 17.2 Å². The molecule has 0 bridgehead atoms. The molecule has 3 aromatic rings. The van der Waals surface area contributed by atoms with Crippen molar-refractivity contribution >= 4 is 28.7 Å². The minimum Gasteiger partial charge on any atom is -0.399 e. The predicted molar refractivity (Wildman–Crippen MR) is 140 cm³/mol. The molecule has 0 aliphatic carbocycles. The molecule has 0 aliphatic rings. The average Bonchev–Trinajstić information content (AvgIpc) is 2.68. The fraction of sp³-hybridized carbons (Fsp3) is 0.321. The van der Waals surface area contributed by atoms with Crippen LogP contribution >= 0.6 is 11.6 Å². The van der Waals surface area contributed by atoms with Gasteiger partial charge in [0.15, 0.2) is 0 Å². The summed E-state index contributed by atoms with van der Waals surface area (Å²) in [7, 11) is 0. The maximum atomic E-state index is 7.11. The number of aryl methyl sites for hydroxylation is 5. The van der Waals surface area contributed by atoms with Crippen LogP contribution in [0.15, 0.2) is 54.6 Å². The molecule has 0 amide bonds. The molecule has 0 aliphatic heterocycles. The lowest BCUT2D eigenvalue weighted by Crippen LogP contribution is -2.29. The molecule has 0 aromatic heterocycles. The molecule has 0 heterocycles. The third kappa shape index (κ3) is 5.98. The number of nitrogens with two attached hydrogens (primary N) is 3. The Bertz CT molecular complexity index is 1030. The summed E-state index contributed by atoms with van der Waals surface area (Å²) in [5.41, 5.74) is 27.5. The van der Waals surface area contributed by atoms with Crippen LogP contribution in [0.2, 0.25) is 0 Å². The lowest BCUT2D eigenvalue weighted by atomic mass is 9.73. The van der Waals surface area contributed by atoms with Gasteiger partial charge in [0.25, 0.3) is 0 Å². The smallest absolute Gasteiger partial charge is 0.0743 e. The molecule has 1 radical (unpaired) electrons. The predicted octanol–water partition coefficient (Wildman–Crippen LogP) is 6.65. The van der Waals surface area contributed by atoms with Crippen LogP contribution in [-0.4, -0.2) is 0 Å². The van der Waals surface area contributed by atoms with Gasteiger partial charge in [0.1, 0.15) is 0 Å². The zero-order valence-electron chi connectivity index (χ0n) is 19.6. The third-order valence-electron chi connectivity index (χ3n) is 6.20. The van der Waals surface area contributed by atoms with E-state index in [1.807, 2.05) is 24.3 Å². The van der Waals surface area contributed by atoms with Gasteiger partial charge in [-0.15, -0.1) is 11.6 Å². The van der Waals surface area contributed by atoms with Gasteiger partial charge in [0, 0.05) is 22.5 Å². The lowest BCUT2D eigenvalue weighted by molar-refractivity contribution is 0.464. The van der Waals surface area contributed by atoms with Gasteiger partial charge < -0.3 is 17.2 Å². The minimum absolute atomic E-state index is 0.324. The maximum absolute atomic E-state index is 7.11. The van der Waals surface area contributed by atoms with Crippen LogP contribution in [0.1, 0.15) is 53.1 Å². The molecule has 0 fully saturated rings. The number of nitrogen functional groups attached to an aromatic ring is 3. The number of halogens is 1. The van der Waals surface area contributed by atoms with Crippen molar-refractivity contribution in [2.24, 2.45) is 0 Å². The summed E-state index contributed by atoms with van der Waals surface area (Å²) < 4.78 is 0. The third-order valence-corrected chi connectivity index (χ3v) is 6.81. The molecule has 1 atom stereocenters. The molecule has 0 saturated heterocycles. The van der Waals surface area contributed by atoms with Gasteiger partial charge >= 0.3 is 0 Å². The lowest BCUT2D eigenvalue weighted by Gasteiger charge is -2.35. The van der Waals surface area contributed by atoms with Crippen LogP contribution < -0.4 is 17.2 Å². The monoisotopic (exact) mass is 448 g/mol. The topological polar surface area (TPSA) is 78.1 Å². The van der Waals surface area contributed by atoms with E-state index < -0.39 is 0 Å². The Kier molecular flexibility index (Phi) is 7.40. The highest BCUT2D eigenvalue weighted by Gasteiger charge is 2.35. The Labute approximate surface area is 198 Å². The quantitative estimate of drug-likeness (QED) is 0.337.